The average molecular weight is 427 g/mol. The molecule has 2 nitrogen and oxygen atoms in total. The van der Waals surface area contributed by atoms with Crippen molar-refractivity contribution in [1.82, 2.24) is 10.6 Å². The summed E-state index contributed by atoms with van der Waals surface area (Å²) in [5, 5.41) is 10.0. The van der Waals surface area contributed by atoms with E-state index >= 15 is 0 Å². The van der Waals surface area contributed by atoms with Gasteiger partial charge < -0.3 is 10.6 Å². The highest BCUT2D eigenvalue weighted by molar-refractivity contribution is 5.85. The summed E-state index contributed by atoms with van der Waals surface area (Å²) in [6.45, 7) is 3.83. The second kappa shape index (κ2) is 11.0. The predicted octanol–water partition coefficient (Wildman–Crippen LogP) is 5.90. The van der Waals surface area contributed by atoms with Crippen molar-refractivity contribution < 1.29 is 4.39 Å². The Morgan fingerprint density at radius 2 is 1.41 bits per heavy atom. The van der Waals surface area contributed by atoms with E-state index in [1.807, 2.05) is 12.1 Å². The van der Waals surface area contributed by atoms with Gasteiger partial charge in [-0.3, -0.25) is 0 Å². The summed E-state index contributed by atoms with van der Waals surface area (Å²) in [4.78, 5) is 0. The van der Waals surface area contributed by atoms with Gasteiger partial charge in [0.15, 0.2) is 0 Å². The van der Waals surface area contributed by atoms with Crippen LogP contribution in [0.3, 0.4) is 0 Å². The molecule has 32 heavy (non-hydrogen) atoms. The van der Waals surface area contributed by atoms with Crippen molar-refractivity contribution in [3.05, 3.63) is 120 Å². The highest BCUT2D eigenvalue weighted by Gasteiger charge is 2.13. The molecule has 164 valence electrons. The maximum Gasteiger partial charge on any atom is 0.123 e. The Kier molecular flexibility index (Phi) is 7.65. The normalized spacial score (nSPS) is 13.2. The first-order valence-corrected chi connectivity index (χ1v) is 11.4. The number of hydrogen-bond acceptors (Lipinski definition) is 2. The van der Waals surface area contributed by atoms with E-state index in [4.69, 9.17) is 0 Å². The molecular formula is C29H31FN2. The minimum absolute atomic E-state index is 0.196. The van der Waals surface area contributed by atoms with Crippen LogP contribution in [0, 0.1) is 5.82 Å². The Bertz CT molecular complexity index is 1100. The maximum atomic E-state index is 13.2. The monoisotopic (exact) mass is 426 g/mol. The number of rotatable bonds is 10. The Hall–Kier alpha value is -3.01. The molecule has 0 aliphatic heterocycles. The van der Waals surface area contributed by atoms with Crippen LogP contribution in [0.4, 0.5) is 4.39 Å². The predicted molar refractivity (Wildman–Crippen MR) is 132 cm³/mol. The fourth-order valence-corrected chi connectivity index (χ4v) is 4.20. The molecule has 0 radical (unpaired) electrons. The van der Waals surface area contributed by atoms with Gasteiger partial charge in [-0.1, -0.05) is 84.9 Å². The van der Waals surface area contributed by atoms with Gasteiger partial charge in [-0.2, -0.15) is 0 Å². The average Bonchev–Trinajstić information content (AvgIpc) is 2.83. The lowest BCUT2D eigenvalue weighted by Gasteiger charge is -2.23. The standard InChI is InChI=1S/C29H31FN2/c1-22(18-26-12-7-11-25-10-5-6-13-29(25)26)31-21-28(19-23-8-3-2-4-9-23)32-20-24-14-16-27(30)17-15-24/h2-17,22,28,31-32H,18-21H2,1H3. The first-order valence-electron chi connectivity index (χ1n) is 11.4. The molecule has 0 aromatic heterocycles. The Labute approximate surface area is 190 Å². The summed E-state index contributed by atoms with van der Waals surface area (Å²) in [6.07, 6.45) is 1.92. The molecule has 2 unspecified atom stereocenters. The van der Waals surface area contributed by atoms with Gasteiger partial charge in [0.2, 0.25) is 0 Å². The molecule has 0 bridgehead atoms. The highest BCUT2D eigenvalue weighted by Crippen LogP contribution is 2.19. The smallest absolute Gasteiger partial charge is 0.123 e. The molecule has 2 atom stereocenters. The molecule has 0 saturated heterocycles. The van der Waals surface area contributed by atoms with Crippen LogP contribution in [0.15, 0.2) is 97.1 Å². The van der Waals surface area contributed by atoms with E-state index in [0.29, 0.717) is 6.04 Å². The van der Waals surface area contributed by atoms with Crippen LogP contribution in [0.2, 0.25) is 0 Å². The van der Waals surface area contributed by atoms with Crippen LogP contribution >= 0.6 is 0 Å². The summed E-state index contributed by atoms with van der Waals surface area (Å²) in [5.74, 6) is -0.196. The van der Waals surface area contributed by atoms with Crippen molar-refractivity contribution in [2.24, 2.45) is 0 Å². The third kappa shape index (κ3) is 6.25. The van der Waals surface area contributed by atoms with Gasteiger partial charge in [-0.25, -0.2) is 4.39 Å². The maximum absolute atomic E-state index is 13.2. The summed E-state index contributed by atoms with van der Waals surface area (Å²) < 4.78 is 13.2. The van der Waals surface area contributed by atoms with Crippen LogP contribution in [-0.2, 0) is 19.4 Å². The highest BCUT2D eigenvalue weighted by atomic mass is 19.1. The van der Waals surface area contributed by atoms with Gasteiger partial charge >= 0.3 is 0 Å². The van der Waals surface area contributed by atoms with Gasteiger partial charge in [0, 0.05) is 25.2 Å². The molecule has 4 aromatic rings. The van der Waals surface area contributed by atoms with Gasteiger partial charge in [0.05, 0.1) is 0 Å². The van der Waals surface area contributed by atoms with Crippen molar-refractivity contribution in [2.75, 3.05) is 6.54 Å². The van der Waals surface area contributed by atoms with Gasteiger partial charge in [0.1, 0.15) is 5.82 Å². The number of benzene rings is 4. The fraction of sp³-hybridized carbons (Fsp3) is 0.241. The van der Waals surface area contributed by atoms with Gasteiger partial charge in [-0.15, -0.1) is 0 Å². The lowest BCUT2D eigenvalue weighted by Crippen LogP contribution is -2.43. The van der Waals surface area contributed by atoms with Crippen LogP contribution in [0.25, 0.3) is 10.8 Å². The van der Waals surface area contributed by atoms with Crippen molar-refractivity contribution >= 4 is 10.8 Å². The van der Waals surface area contributed by atoms with Gasteiger partial charge in [0.25, 0.3) is 0 Å². The van der Waals surface area contributed by atoms with E-state index in [-0.39, 0.29) is 11.9 Å². The van der Waals surface area contributed by atoms with E-state index in [1.54, 1.807) is 0 Å². The molecule has 0 amide bonds. The van der Waals surface area contributed by atoms with Crippen LogP contribution < -0.4 is 10.6 Å². The van der Waals surface area contributed by atoms with E-state index in [1.165, 1.54) is 34.0 Å². The molecule has 0 aliphatic carbocycles. The number of nitrogens with one attached hydrogen (secondary N) is 2. The van der Waals surface area contributed by atoms with Crippen LogP contribution in [0.5, 0.6) is 0 Å². The van der Waals surface area contributed by atoms with Crippen molar-refractivity contribution in [2.45, 2.75) is 38.4 Å². The number of halogens is 1. The van der Waals surface area contributed by atoms with Crippen LogP contribution in [0.1, 0.15) is 23.6 Å². The fourth-order valence-electron chi connectivity index (χ4n) is 4.20. The Morgan fingerprint density at radius 1 is 0.688 bits per heavy atom. The van der Waals surface area contributed by atoms with Gasteiger partial charge in [-0.05, 0) is 59.4 Å². The molecule has 0 fully saturated rings. The lowest BCUT2D eigenvalue weighted by atomic mass is 9.99. The Balaban J connectivity index is 1.38. The molecule has 4 aromatic carbocycles. The Morgan fingerprint density at radius 3 is 2.22 bits per heavy atom. The SMILES string of the molecule is CC(Cc1cccc2ccccc12)NCC(Cc1ccccc1)NCc1ccc(F)cc1. The summed E-state index contributed by atoms with van der Waals surface area (Å²) in [5.41, 5.74) is 3.78. The van der Waals surface area contributed by atoms with Crippen molar-refractivity contribution in [3.8, 4) is 0 Å². The van der Waals surface area contributed by atoms with E-state index < -0.39 is 0 Å². The molecule has 0 saturated carbocycles. The zero-order valence-electron chi connectivity index (χ0n) is 18.6. The van der Waals surface area contributed by atoms with E-state index in [9.17, 15) is 4.39 Å². The van der Waals surface area contributed by atoms with E-state index in [2.05, 4.69) is 90.4 Å². The molecule has 0 aliphatic rings. The summed E-state index contributed by atoms with van der Waals surface area (Å²) >= 11 is 0. The first kappa shape index (κ1) is 22.2. The third-order valence-electron chi connectivity index (χ3n) is 5.95. The molecule has 0 heterocycles. The molecule has 0 spiro atoms. The van der Waals surface area contributed by atoms with E-state index in [0.717, 1.165) is 31.5 Å². The topological polar surface area (TPSA) is 24.1 Å². The first-order chi connectivity index (χ1) is 15.7. The quantitative estimate of drug-likeness (QED) is 0.330. The zero-order chi connectivity index (χ0) is 22.2. The second-order valence-corrected chi connectivity index (χ2v) is 8.55. The second-order valence-electron chi connectivity index (χ2n) is 8.55. The largest absolute Gasteiger partial charge is 0.312 e. The molecule has 2 N–H and O–H groups in total. The van der Waals surface area contributed by atoms with Crippen molar-refractivity contribution in [1.29, 1.82) is 0 Å². The minimum Gasteiger partial charge on any atom is -0.312 e. The molecule has 3 heteroatoms. The number of hydrogen-bond donors (Lipinski definition) is 2. The molecule has 4 rings (SSSR count). The summed E-state index contributed by atoms with van der Waals surface area (Å²) in [6, 6.07) is 33.1. The summed E-state index contributed by atoms with van der Waals surface area (Å²) in [7, 11) is 0. The zero-order valence-corrected chi connectivity index (χ0v) is 18.6. The molecular weight excluding hydrogens is 395 g/mol. The van der Waals surface area contributed by atoms with Crippen LogP contribution in [-0.4, -0.2) is 18.6 Å². The van der Waals surface area contributed by atoms with Crippen molar-refractivity contribution in [3.63, 3.8) is 0 Å². The number of fused-ring (bicyclic) bond motifs is 1. The third-order valence-corrected chi connectivity index (χ3v) is 5.95. The lowest BCUT2D eigenvalue weighted by molar-refractivity contribution is 0.436. The minimum atomic E-state index is -0.196.